The third-order valence-corrected chi connectivity index (χ3v) is 3.72. The van der Waals surface area contributed by atoms with Crippen LogP contribution in [0.1, 0.15) is 23.0 Å². The van der Waals surface area contributed by atoms with E-state index in [1.807, 2.05) is 47.2 Å². The predicted octanol–water partition coefficient (Wildman–Crippen LogP) is 3.75. The number of nitrogens with one attached hydrogen (secondary N) is 2. The van der Waals surface area contributed by atoms with Crippen LogP contribution in [0.5, 0.6) is 0 Å². The number of anilines is 2. The van der Waals surface area contributed by atoms with Gasteiger partial charge in [0.1, 0.15) is 5.69 Å². The smallest absolute Gasteiger partial charge is 0.272 e. The molecule has 1 heterocycles. The normalized spacial score (nSPS) is 10.3. The zero-order valence-corrected chi connectivity index (χ0v) is 13.9. The number of amides is 2. The highest BCUT2D eigenvalue weighted by atomic mass is 16.2. The van der Waals surface area contributed by atoms with Crippen LogP contribution < -0.4 is 10.6 Å². The quantitative estimate of drug-likeness (QED) is 0.747. The van der Waals surface area contributed by atoms with Crippen LogP contribution >= 0.6 is 0 Å². The molecule has 1 aromatic heterocycles. The van der Waals surface area contributed by atoms with Gasteiger partial charge in [-0.05, 0) is 42.0 Å². The summed E-state index contributed by atoms with van der Waals surface area (Å²) in [5.41, 5.74) is 3.09. The Morgan fingerprint density at radius 2 is 1.48 bits per heavy atom. The lowest BCUT2D eigenvalue weighted by atomic mass is 10.2. The Hall–Kier alpha value is -3.34. The molecule has 2 N–H and O–H groups in total. The Morgan fingerprint density at radius 3 is 2.12 bits per heavy atom. The van der Waals surface area contributed by atoms with E-state index in [0.29, 0.717) is 23.6 Å². The summed E-state index contributed by atoms with van der Waals surface area (Å²) >= 11 is 0. The van der Waals surface area contributed by atoms with Gasteiger partial charge in [-0.2, -0.15) is 0 Å². The summed E-state index contributed by atoms with van der Waals surface area (Å²) in [7, 11) is 0. The summed E-state index contributed by atoms with van der Waals surface area (Å²) in [5.74, 6) is -0.302. The molecule has 2 amide bonds. The van der Waals surface area contributed by atoms with E-state index in [4.69, 9.17) is 0 Å². The van der Waals surface area contributed by atoms with Crippen LogP contribution in [0.25, 0.3) is 0 Å². The fraction of sp³-hybridized carbons (Fsp3) is 0.100. The van der Waals surface area contributed by atoms with Gasteiger partial charge in [0, 0.05) is 31.0 Å². The van der Waals surface area contributed by atoms with Gasteiger partial charge in [0.15, 0.2) is 0 Å². The fourth-order valence-electron chi connectivity index (χ4n) is 2.57. The maximum Gasteiger partial charge on any atom is 0.272 e. The molecule has 0 aliphatic rings. The summed E-state index contributed by atoms with van der Waals surface area (Å²) in [5, 5.41) is 5.57. The maximum absolute atomic E-state index is 12.5. The van der Waals surface area contributed by atoms with Crippen LogP contribution in [0, 0.1) is 0 Å². The lowest BCUT2D eigenvalue weighted by Gasteiger charge is -2.10. The molecule has 0 fully saturated rings. The molecule has 0 saturated carbocycles. The molecule has 5 heteroatoms. The highest BCUT2D eigenvalue weighted by Gasteiger charge is 2.11. The molecule has 5 nitrogen and oxygen atoms in total. The molecule has 0 aliphatic heterocycles. The molecule has 0 saturated heterocycles. The van der Waals surface area contributed by atoms with E-state index in [-0.39, 0.29) is 11.8 Å². The molecule has 3 aromatic rings. The van der Waals surface area contributed by atoms with E-state index < -0.39 is 0 Å². The second-order valence-electron chi connectivity index (χ2n) is 5.72. The summed E-state index contributed by atoms with van der Waals surface area (Å²) in [4.78, 5) is 23.6. The van der Waals surface area contributed by atoms with Crippen molar-refractivity contribution in [2.75, 3.05) is 10.6 Å². The Bertz CT molecular complexity index is 867. The lowest BCUT2D eigenvalue weighted by molar-refractivity contribution is -0.114. The van der Waals surface area contributed by atoms with Crippen molar-refractivity contribution in [3.8, 4) is 0 Å². The number of carbonyl (C=O) groups excluding carboxylic acids is 2. The van der Waals surface area contributed by atoms with E-state index in [1.54, 1.807) is 30.3 Å². The zero-order chi connectivity index (χ0) is 17.6. The number of nitrogens with zero attached hydrogens (tertiary/aromatic N) is 1. The van der Waals surface area contributed by atoms with Crippen LogP contribution in [0.2, 0.25) is 0 Å². The summed E-state index contributed by atoms with van der Waals surface area (Å²) < 4.78 is 1.91. The second kappa shape index (κ2) is 7.49. The first-order chi connectivity index (χ1) is 12.1. The summed E-state index contributed by atoms with van der Waals surface area (Å²) in [6.07, 6.45) is 1.89. The molecule has 126 valence electrons. The number of aromatic nitrogens is 1. The largest absolute Gasteiger partial charge is 0.339 e. The first kappa shape index (κ1) is 16.5. The van der Waals surface area contributed by atoms with Crippen LogP contribution in [-0.2, 0) is 11.3 Å². The van der Waals surface area contributed by atoms with Gasteiger partial charge >= 0.3 is 0 Å². The van der Waals surface area contributed by atoms with Crippen molar-refractivity contribution in [3.05, 3.63) is 84.2 Å². The number of rotatable bonds is 5. The van der Waals surface area contributed by atoms with Crippen LogP contribution in [0.3, 0.4) is 0 Å². The third kappa shape index (κ3) is 4.35. The second-order valence-corrected chi connectivity index (χ2v) is 5.72. The fourth-order valence-corrected chi connectivity index (χ4v) is 2.57. The minimum absolute atomic E-state index is 0.129. The monoisotopic (exact) mass is 333 g/mol. The molecule has 25 heavy (non-hydrogen) atoms. The van der Waals surface area contributed by atoms with Crippen LogP contribution in [0.15, 0.2) is 72.9 Å². The van der Waals surface area contributed by atoms with Crippen molar-refractivity contribution < 1.29 is 9.59 Å². The van der Waals surface area contributed by atoms with E-state index in [9.17, 15) is 9.59 Å². The highest BCUT2D eigenvalue weighted by molar-refractivity contribution is 6.03. The summed E-state index contributed by atoms with van der Waals surface area (Å²) in [6.45, 7) is 2.09. The topological polar surface area (TPSA) is 63.1 Å². The number of hydrogen-bond donors (Lipinski definition) is 2. The Morgan fingerprint density at radius 1 is 0.840 bits per heavy atom. The molecule has 0 aliphatic carbocycles. The van der Waals surface area contributed by atoms with Crippen molar-refractivity contribution in [2.45, 2.75) is 13.5 Å². The van der Waals surface area contributed by atoms with Gasteiger partial charge in [0.2, 0.25) is 5.91 Å². The van der Waals surface area contributed by atoms with Crippen LogP contribution in [0.4, 0.5) is 11.4 Å². The summed E-state index contributed by atoms with van der Waals surface area (Å²) in [6, 6.07) is 20.7. The minimum atomic E-state index is -0.173. The van der Waals surface area contributed by atoms with E-state index in [1.165, 1.54) is 6.92 Å². The zero-order valence-electron chi connectivity index (χ0n) is 13.9. The molecule has 2 aromatic carbocycles. The predicted molar refractivity (Wildman–Crippen MR) is 98.7 cm³/mol. The van der Waals surface area contributed by atoms with E-state index in [2.05, 4.69) is 10.6 Å². The SMILES string of the molecule is CC(=O)Nc1ccc(NC(=O)c2cccn2Cc2ccccc2)cc1. The number of hydrogen-bond acceptors (Lipinski definition) is 2. The first-order valence-corrected chi connectivity index (χ1v) is 8.00. The van der Waals surface area contributed by atoms with Gasteiger partial charge < -0.3 is 15.2 Å². The van der Waals surface area contributed by atoms with Crippen molar-refractivity contribution in [1.29, 1.82) is 0 Å². The molecule has 0 bridgehead atoms. The average molecular weight is 333 g/mol. The van der Waals surface area contributed by atoms with Gasteiger partial charge in [-0.3, -0.25) is 9.59 Å². The standard InChI is InChI=1S/C20H19N3O2/c1-15(24)21-17-9-11-18(12-10-17)22-20(25)19-8-5-13-23(19)14-16-6-3-2-4-7-16/h2-13H,14H2,1H3,(H,21,24)(H,22,25). The van der Waals surface area contributed by atoms with E-state index >= 15 is 0 Å². The van der Waals surface area contributed by atoms with Crippen molar-refractivity contribution in [1.82, 2.24) is 4.57 Å². The molecule has 3 rings (SSSR count). The van der Waals surface area contributed by atoms with Crippen LogP contribution in [-0.4, -0.2) is 16.4 Å². The third-order valence-electron chi connectivity index (χ3n) is 3.72. The molecule has 0 radical (unpaired) electrons. The van der Waals surface area contributed by atoms with Gasteiger partial charge in [-0.1, -0.05) is 30.3 Å². The van der Waals surface area contributed by atoms with Crippen molar-refractivity contribution >= 4 is 23.2 Å². The van der Waals surface area contributed by atoms with Gasteiger partial charge in [0.05, 0.1) is 0 Å². The molecule has 0 spiro atoms. The van der Waals surface area contributed by atoms with Crippen molar-refractivity contribution in [3.63, 3.8) is 0 Å². The Labute approximate surface area is 146 Å². The minimum Gasteiger partial charge on any atom is -0.339 e. The molecular formula is C20H19N3O2. The Kier molecular flexibility index (Phi) is 4.95. The molecule has 0 atom stereocenters. The maximum atomic E-state index is 12.5. The molecule has 0 unspecified atom stereocenters. The lowest BCUT2D eigenvalue weighted by Crippen LogP contribution is -2.17. The van der Waals surface area contributed by atoms with Gasteiger partial charge in [0.25, 0.3) is 5.91 Å². The van der Waals surface area contributed by atoms with Crippen molar-refractivity contribution in [2.24, 2.45) is 0 Å². The first-order valence-electron chi connectivity index (χ1n) is 8.00. The molecular weight excluding hydrogens is 314 g/mol. The van der Waals surface area contributed by atoms with E-state index in [0.717, 1.165) is 5.56 Å². The van der Waals surface area contributed by atoms with Gasteiger partial charge in [-0.25, -0.2) is 0 Å². The van der Waals surface area contributed by atoms with Gasteiger partial charge in [-0.15, -0.1) is 0 Å². The average Bonchev–Trinajstić information content (AvgIpc) is 3.05. The number of carbonyl (C=O) groups is 2. The number of benzene rings is 2. The highest BCUT2D eigenvalue weighted by Crippen LogP contribution is 2.15. The Balaban J connectivity index is 1.70.